The van der Waals surface area contributed by atoms with Gasteiger partial charge in [0.25, 0.3) is 5.56 Å². The molecule has 0 fully saturated rings. The molecule has 0 saturated heterocycles. The molecule has 4 N–H and O–H groups in total. The predicted octanol–water partition coefficient (Wildman–Crippen LogP) is 4.59. The second-order valence-electron chi connectivity index (χ2n) is 7.70. The largest absolute Gasteiger partial charge is 0.425 e. The minimum absolute atomic E-state index is 0.00544. The Kier molecular flexibility index (Phi) is 6.03. The number of anilines is 2. The molecule has 0 saturated carbocycles. The fraction of sp³-hybridized carbons (Fsp3) is 0.125. The van der Waals surface area contributed by atoms with E-state index in [0.29, 0.717) is 5.69 Å². The Labute approximate surface area is 195 Å². The molecule has 2 heterocycles. The highest BCUT2D eigenvalue weighted by molar-refractivity contribution is 5.88. The molecule has 35 heavy (non-hydrogen) atoms. The highest BCUT2D eigenvalue weighted by Crippen LogP contribution is 2.47. The van der Waals surface area contributed by atoms with Crippen LogP contribution >= 0.6 is 0 Å². The van der Waals surface area contributed by atoms with E-state index in [1.807, 2.05) is 0 Å². The molecule has 11 heteroatoms. The van der Waals surface area contributed by atoms with E-state index < -0.39 is 34.3 Å². The Hall–Kier alpha value is -4.25. The van der Waals surface area contributed by atoms with Crippen molar-refractivity contribution in [1.29, 1.82) is 5.41 Å². The number of hydrogen-bond acceptors (Lipinski definition) is 5. The van der Waals surface area contributed by atoms with Crippen molar-refractivity contribution in [1.82, 2.24) is 14.5 Å². The number of aromatic amines is 1. The molecular formula is C24H19F4N5O2. The summed E-state index contributed by atoms with van der Waals surface area (Å²) in [6, 6.07) is 8.64. The summed E-state index contributed by atoms with van der Waals surface area (Å²) in [5.41, 5.74) is -5.15. The lowest BCUT2D eigenvalue weighted by Gasteiger charge is -2.31. The number of aliphatic hydroxyl groups is 1. The molecule has 0 amide bonds. The van der Waals surface area contributed by atoms with Crippen LogP contribution in [0.25, 0.3) is 11.0 Å². The van der Waals surface area contributed by atoms with Crippen molar-refractivity contribution < 1.29 is 22.7 Å². The van der Waals surface area contributed by atoms with E-state index in [-0.39, 0.29) is 28.8 Å². The van der Waals surface area contributed by atoms with Crippen molar-refractivity contribution in [3.63, 3.8) is 0 Å². The van der Waals surface area contributed by atoms with E-state index in [4.69, 9.17) is 5.41 Å². The average Bonchev–Trinajstić information content (AvgIpc) is 3.20. The lowest BCUT2D eigenvalue weighted by atomic mass is 9.85. The number of allylic oxidation sites excluding steroid dienone is 1. The van der Waals surface area contributed by atoms with E-state index in [1.54, 1.807) is 0 Å². The quantitative estimate of drug-likeness (QED) is 0.175. The normalized spacial score (nSPS) is 13.4. The van der Waals surface area contributed by atoms with Gasteiger partial charge in [-0.1, -0.05) is 12.1 Å². The third-order valence-electron chi connectivity index (χ3n) is 5.53. The van der Waals surface area contributed by atoms with Crippen molar-refractivity contribution in [3.8, 4) is 0 Å². The minimum Gasteiger partial charge on any atom is -0.372 e. The monoisotopic (exact) mass is 485 g/mol. The SMILES string of the molecule is C=CCn1cc(C(O)(c2ccc(Nc3ccc(F)cc3)c(C=N)c2)C(F)(F)F)c2nc[nH]c(=O)c21. The smallest absolute Gasteiger partial charge is 0.372 e. The fourth-order valence-electron chi connectivity index (χ4n) is 3.87. The maximum atomic E-state index is 14.5. The lowest BCUT2D eigenvalue weighted by molar-refractivity contribution is -0.248. The number of aromatic nitrogens is 3. The topological polar surface area (TPSA) is 107 Å². The Morgan fingerprint density at radius 2 is 1.91 bits per heavy atom. The lowest BCUT2D eigenvalue weighted by Crippen LogP contribution is -2.43. The Morgan fingerprint density at radius 1 is 1.20 bits per heavy atom. The Balaban J connectivity index is 1.91. The summed E-state index contributed by atoms with van der Waals surface area (Å²) in [7, 11) is 0. The molecule has 0 aliphatic heterocycles. The third kappa shape index (κ3) is 4.10. The molecule has 1 atom stereocenters. The van der Waals surface area contributed by atoms with E-state index in [0.717, 1.165) is 30.9 Å². The molecular weight excluding hydrogens is 466 g/mol. The Bertz CT molecular complexity index is 1470. The maximum Gasteiger partial charge on any atom is 0.425 e. The summed E-state index contributed by atoms with van der Waals surface area (Å²) in [6.45, 7) is 3.56. The van der Waals surface area contributed by atoms with Gasteiger partial charge in [0.15, 0.2) is 0 Å². The van der Waals surface area contributed by atoms with Gasteiger partial charge in [-0.2, -0.15) is 13.2 Å². The standard InChI is InChI=1S/C24H19F4N5O2/c1-2-9-33-12-18(20-21(33)22(34)31-13-30-20)23(35,24(26,27)28)15-3-8-19(14(10-15)11-29)32-17-6-4-16(25)5-7-17/h2-8,10-13,29,32,35H,1,9H2,(H,30,31,34). The molecule has 2 aromatic heterocycles. The van der Waals surface area contributed by atoms with Crippen molar-refractivity contribution in [2.75, 3.05) is 5.32 Å². The van der Waals surface area contributed by atoms with E-state index in [2.05, 4.69) is 21.9 Å². The van der Waals surface area contributed by atoms with E-state index in [9.17, 15) is 27.5 Å². The number of H-pyrrole nitrogens is 1. The molecule has 0 spiro atoms. The summed E-state index contributed by atoms with van der Waals surface area (Å²) < 4.78 is 58.0. The van der Waals surface area contributed by atoms with Crippen LogP contribution in [0.15, 0.2) is 72.4 Å². The second-order valence-corrected chi connectivity index (χ2v) is 7.70. The van der Waals surface area contributed by atoms with Crippen molar-refractivity contribution >= 4 is 28.6 Å². The fourth-order valence-corrected chi connectivity index (χ4v) is 3.87. The minimum atomic E-state index is -5.21. The third-order valence-corrected chi connectivity index (χ3v) is 5.53. The van der Waals surface area contributed by atoms with Crippen LogP contribution in [0.1, 0.15) is 16.7 Å². The molecule has 4 rings (SSSR count). The first-order valence-corrected chi connectivity index (χ1v) is 10.2. The van der Waals surface area contributed by atoms with Gasteiger partial charge in [0.2, 0.25) is 5.60 Å². The van der Waals surface area contributed by atoms with Crippen LogP contribution in [0.4, 0.5) is 28.9 Å². The number of hydrogen-bond donors (Lipinski definition) is 4. The molecule has 180 valence electrons. The number of benzene rings is 2. The van der Waals surface area contributed by atoms with Gasteiger partial charge >= 0.3 is 6.18 Å². The summed E-state index contributed by atoms with van der Waals surface area (Å²) in [5, 5.41) is 21.9. The number of halogens is 4. The van der Waals surface area contributed by atoms with Crippen LogP contribution in [0.2, 0.25) is 0 Å². The van der Waals surface area contributed by atoms with Gasteiger partial charge in [-0.15, -0.1) is 6.58 Å². The van der Waals surface area contributed by atoms with Gasteiger partial charge in [-0.25, -0.2) is 9.37 Å². The van der Waals surface area contributed by atoms with Gasteiger partial charge < -0.3 is 25.4 Å². The van der Waals surface area contributed by atoms with Crippen LogP contribution in [-0.4, -0.2) is 32.0 Å². The molecule has 0 aliphatic carbocycles. The average molecular weight is 485 g/mol. The van der Waals surface area contributed by atoms with Gasteiger partial charge in [0.05, 0.1) is 6.33 Å². The second kappa shape index (κ2) is 8.84. The van der Waals surface area contributed by atoms with Gasteiger partial charge in [-0.05, 0) is 42.0 Å². The zero-order valence-corrected chi connectivity index (χ0v) is 18.0. The summed E-state index contributed by atoms with van der Waals surface area (Å²) in [6.07, 6.45) is -1.00. The number of nitrogens with one attached hydrogen (secondary N) is 3. The van der Waals surface area contributed by atoms with E-state index >= 15 is 0 Å². The van der Waals surface area contributed by atoms with Gasteiger partial charge in [0.1, 0.15) is 16.9 Å². The van der Waals surface area contributed by atoms with Crippen molar-refractivity contribution in [2.24, 2.45) is 0 Å². The van der Waals surface area contributed by atoms with Crippen LogP contribution in [0.3, 0.4) is 0 Å². The molecule has 4 aromatic rings. The summed E-state index contributed by atoms with van der Waals surface area (Å²) in [5.74, 6) is -0.462. The predicted molar refractivity (Wildman–Crippen MR) is 124 cm³/mol. The highest BCUT2D eigenvalue weighted by Gasteiger charge is 2.58. The van der Waals surface area contributed by atoms with Gasteiger partial charge in [-0.3, -0.25) is 4.79 Å². The number of rotatable bonds is 7. The molecule has 7 nitrogen and oxygen atoms in total. The number of nitrogens with zero attached hydrogens (tertiary/aromatic N) is 2. The Morgan fingerprint density at radius 3 is 2.54 bits per heavy atom. The zero-order chi connectivity index (χ0) is 25.4. The molecule has 2 aromatic carbocycles. The van der Waals surface area contributed by atoms with Crippen molar-refractivity contribution in [3.05, 3.63) is 101 Å². The number of fused-ring (bicyclic) bond motifs is 1. The maximum absolute atomic E-state index is 14.5. The number of alkyl halides is 3. The zero-order valence-electron chi connectivity index (χ0n) is 18.0. The van der Waals surface area contributed by atoms with Crippen LogP contribution in [0.5, 0.6) is 0 Å². The first-order chi connectivity index (χ1) is 16.6. The van der Waals surface area contributed by atoms with E-state index in [1.165, 1.54) is 41.0 Å². The molecule has 1 unspecified atom stereocenters. The molecule has 0 aliphatic rings. The first-order valence-electron chi connectivity index (χ1n) is 10.2. The highest BCUT2D eigenvalue weighted by atomic mass is 19.4. The molecule has 0 radical (unpaired) electrons. The molecule has 0 bridgehead atoms. The first kappa shape index (κ1) is 23.9. The summed E-state index contributed by atoms with van der Waals surface area (Å²) in [4.78, 5) is 18.6. The van der Waals surface area contributed by atoms with Gasteiger partial charge in [0, 0.05) is 41.5 Å². The van der Waals surface area contributed by atoms with Crippen LogP contribution in [-0.2, 0) is 12.1 Å². The summed E-state index contributed by atoms with van der Waals surface area (Å²) >= 11 is 0. The van der Waals surface area contributed by atoms with Crippen LogP contribution < -0.4 is 10.9 Å². The van der Waals surface area contributed by atoms with Crippen molar-refractivity contribution in [2.45, 2.75) is 18.3 Å². The van der Waals surface area contributed by atoms with Crippen LogP contribution in [0, 0.1) is 11.2 Å².